The van der Waals surface area contributed by atoms with E-state index >= 15 is 0 Å². The van der Waals surface area contributed by atoms with Crippen molar-refractivity contribution in [3.8, 4) is 0 Å². The molecule has 5 heteroatoms. The molecule has 0 saturated heterocycles. The van der Waals surface area contributed by atoms with E-state index in [-0.39, 0.29) is 12.0 Å². The SMILES string of the molecule is CCC1=CC(O)(C(F)(F)F)C(=O)C(CC)=C1. The standard InChI is InChI=1S/C11H13F3O2/c1-3-7-5-8(4-2)9(15)10(16,6-7)11(12,13)14/h5-6,16H,3-4H2,1-2H3. The summed E-state index contributed by atoms with van der Waals surface area (Å²) in [7, 11) is 0. The molecule has 0 aromatic heterocycles. The van der Waals surface area contributed by atoms with Gasteiger partial charge in [-0.2, -0.15) is 13.2 Å². The average Bonchev–Trinajstić information content (AvgIpc) is 2.20. The van der Waals surface area contributed by atoms with Crippen LogP contribution < -0.4 is 0 Å². The van der Waals surface area contributed by atoms with Gasteiger partial charge in [-0.05, 0) is 30.1 Å². The van der Waals surface area contributed by atoms with Crippen molar-refractivity contribution in [3.05, 3.63) is 23.3 Å². The zero-order chi connectivity index (χ0) is 12.6. The van der Waals surface area contributed by atoms with Crippen LogP contribution in [-0.2, 0) is 4.79 Å². The van der Waals surface area contributed by atoms with Gasteiger partial charge in [-0.25, -0.2) is 0 Å². The number of Topliss-reactive ketones (excluding diaryl/α,β-unsaturated/α-hetero) is 1. The Morgan fingerprint density at radius 2 is 1.88 bits per heavy atom. The molecule has 1 aliphatic carbocycles. The zero-order valence-corrected chi connectivity index (χ0v) is 9.06. The number of allylic oxidation sites excluding steroid dienone is 2. The lowest BCUT2D eigenvalue weighted by molar-refractivity contribution is -0.232. The summed E-state index contributed by atoms with van der Waals surface area (Å²) in [6.07, 6.45) is -2.43. The third-order valence-electron chi connectivity index (χ3n) is 2.61. The molecule has 0 aliphatic heterocycles. The predicted molar refractivity (Wildman–Crippen MR) is 52.8 cm³/mol. The number of ketones is 1. The molecule has 1 aliphatic rings. The van der Waals surface area contributed by atoms with Gasteiger partial charge in [0.2, 0.25) is 11.4 Å². The van der Waals surface area contributed by atoms with Crippen LogP contribution >= 0.6 is 0 Å². The number of hydrogen-bond acceptors (Lipinski definition) is 2. The van der Waals surface area contributed by atoms with E-state index in [2.05, 4.69) is 0 Å². The summed E-state index contributed by atoms with van der Waals surface area (Å²) in [5, 5.41) is 9.49. The van der Waals surface area contributed by atoms with Gasteiger partial charge in [0.15, 0.2) is 0 Å². The van der Waals surface area contributed by atoms with Crippen molar-refractivity contribution < 1.29 is 23.1 Å². The lowest BCUT2D eigenvalue weighted by atomic mass is 9.83. The zero-order valence-electron chi connectivity index (χ0n) is 9.06. The Morgan fingerprint density at radius 3 is 2.25 bits per heavy atom. The number of carbonyl (C=O) groups is 1. The van der Waals surface area contributed by atoms with Crippen molar-refractivity contribution in [2.75, 3.05) is 0 Å². The fourth-order valence-electron chi connectivity index (χ4n) is 1.59. The highest BCUT2D eigenvalue weighted by molar-refractivity contribution is 6.05. The lowest BCUT2D eigenvalue weighted by Crippen LogP contribution is -2.52. The fraction of sp³-hybridized carbons (Fsp3) is 0.545. The molecule has 1 unspecified atom stereocenters. The normalized spacial score (nSPS) is 26.5. The van der Waals surface area contributed by atoms with Crippen LogP contribution in [0.3, 0.4) is 0 Å². The van der Waals surface area contributed by atoms with E-state index in [1.165, 1.54) is 6.08 Å². The molecule has 0 aromatic rings. The van der Waals surface area contributed by atoms with Gasteiger partial charge in [0, 0.05) is 0 Å². The van der Waals surface area contributed by atoms with E-state index in [0.717, 1.165) is 0 Å². The number of alkyl halides is 3. The first-order valence-electron chi connectivity index (χ1n) is 5.02. The minimum Gasteiger partial charge on any atom is -0.370 e. The van der Waals surface area contributed by atoms with Crippen molar-refractivity contribution in [1.82, 2.24) is 0 Å². The van der Waals surface area contributed by atoms with Gasteiger partial charge < -0.3 is 5.11 Å². The largest absolute Gasteiger partial charge is 0.428 e. The summed E-state index contributed by atoms with van der Waals surface area (Å²) in [6.45, 7) is 3.25. The quantitative estimate of drug-likeness (QED) is 0.797. The Kier molecular flexibility index (Phi) is 3.28. The van der Waals surface area contributed by atoms with Gasteiger partial charge in [0.1, 0.15) is 0 Å². The van der Waals surface area contributed by atoms with Crippen molar-refractivity contribution in [1.29, 1.82) is 0 Å². The van der Waals surface area contributed by atoms with E-state index in [4.69, 9.17) is 0 Å². The molecule has 0 aromatic carbocycles. The first-order valence-corrected chi connectivity index (χ1v) is 5.02. The molecule has 0 spiro atoms. The first kappa shape index (κ1) is 13.0. The molecule has 1 atom stereocenters. The molecule has 0 amide bonds. The minimum absolute atomic E-state index is 0.0131. The molecule has 0 heterocycles. The Morgan fingerprint density at radius 1 is 1.31 bits per heavy atom. The van der Waals surface area contributed by atoms with Crippen LogP contribution in [0.15, 0.2) is 23.3 Å². The van der Waals surface area contributed by atoms with Crippen LogP contribution in [0.5, 0.6) is 0 Å². The second-order valence-electron chi connectivity index (χ2n) is 3.69. The van der Waals surface area contributed by atoms with Crippen molar-refractivity contribution in [2.24, 2.45) is 0 Å². The minimum atomic E-state index is -4.97. The number of carbonyl (C=O) groups excluding carboxylic acids is 1. The van der Waals surface area contributed by atoms with E-state index in [1.54, 1.807) is 13.8 Å². The molecule has 0 fully saturated rings. The number of rotatable bonds is 2. The Bertz CT molecular complexity index is 366. The topological polar surface area (TPSA) is 37.3 Å². The summed E-state index contributed by atoms with van der Waals surface area (Å²) in [5.41, 5.74) is -3.01. The van der Waals surface area contributed by atoms with Gasteiger partial charge in [-0.3, -0.25) is 4.79 Å². The smallest absolute Gasteiger partial charge is 0.370 e. The van der Waals surface area contributed by atoms with E-state index in [1.807, 2.05) is 0 Å². The predicted octanol–water partition coefficient (Wildman–Crippen LogP) is 2.54. The fourth-order valence-corrected chi connectivity index (χ4v) is 1.59. The van der Waals surface area contributed by atoms with Crippen LogP contribution in [-0.4, -0.2) is 22.7 Å². The van der Waals surface area contributed by atoms with Crippen LogP contribution in [0.25, 0.3) is 0 Å². The molecule has 0 saturated carbocycles. The van der Waals surface area contributed by atoms with Gasteiger partial charge in [-0.1, -0.05) is 19.9 Å². The molecular weight excluding hydrogens is 221 g/mol. The van der Waals surface area contributed by atoms with Crippen LogP contribution in [0.2, 0.25) is 0 Å². The highest BCUT2D eigenvalue weighted by Crippen LogP contribution is 2.38. The number of hydrogen-bond donors (Lipinski definition) is 1. The molecule has 16 heavy (non-hydrogen) atoms. The van der Waals surface area contributed by atoms with Gasteiger partial charge in [0.05, 0.1) is 0 Å². The molecule has 0 bridgehead atoms. The summed E-state index contributed by atoms with van der Waals surface area (Å²) in [6, 6.07) is 0. The average molecular weight is 234 g/mol. The third kappa shape index (κ3) is 1.91. The third-order valence-corrected chi connectivity index (χ3v) is 2.61. The Hall–Kier alpha value is -1.10. The second kappa shape index (κ2) is 4.05. The summed E-state index contributed by atoms with van der Waals surface area (Å²) < 4.78 is 38.0. The molecule has 2 nitrogen and oxygen atoms in total. The first-order chi connectivity index (χ1) is 7.26. The lowest BCUT2D eigenvalue weighted by Gasteiger charge is -2.30. The van der Waals surface area contributed by atoms with Gasteiger partial charge in [-0.15, -0.1) is 0 Å². The maximum atomic E-state index is 12.7. The molecule has 90 valence electrons. The van der Waals surface area contributed by atoms with Crippen molar-refractivity contribution >= 4 is 5.78 Å². The van der Waals surface area contributed by atoms with E-state index in [9.17, 15) is 23.1 Å². The number of aliphatic hydroxyl groups is 1. The maximum absolute atomic E-state index is 12.7. The van der Waals surface area contributed by atoms with Gasteiger partial charge in [0.25, 0.3) is 0 Å². The second-order valence-corrected chi connectivity index (χ2v) is 3.69. The molecule has 1 N–H and O–H groups in total. The van der Waals surface area contributed by atoms with E-state index in [0.29, 0.717) is 18.1 Å². The van der Waals surface area contributed by atoms with Gasteiger partial charge >= 0.3 is 6.18 Å². The highest BCUT2D eigenvalue weighted by atomic mass is 19.4. The van der Waals surface area contributed by atoms with E-state index < -0.39 is 17.6 Å². The summed E-state index contributed by atoms with van der Waals surface area (Å²) >= 11 is 0. The maximum Gasteiger partial charge on any atom is 0.428 e. The highest BCUT2D eigenvalue weighted by Gasteiger charge is 2.59. The summed E-state index contributed by atoms with van der Waals surface area (Å²) in [5.74, 6) is -1.26. The monoisotopic (exact) mass is 234 g/mol. The van der Waals surface area contributed by atoms with Crippen molar-refractivity contribution in [2.45, 2.75) is 38.5 Å². The van der Waals surface area contributed by atoms with Crippen molar-refractivity contribution in [3.63, 3.8) is 0 Å². The molecular formula is C11H13F3O2. The molecule has 1 rings (SSSR count). The Balaban J connectivity index is 3.29. The molecule has 0 radical (unpaired) electrons. The number of halogens is 3. The van der Waals surface area contributed by atoms with Crippen LogP contribution in [0, 0.1) is 0 Å². The Labute approximate surface area is 91.5 Å². The summed E-state index contributed by atoms with van der Waals surface area (Å²) in [4.78, 5) is 11.5. The van der Waals surface area contributed by atoms with Crippen LogP contribution in [0.1, 0.15) is 26.7 Å². The van der Waals surface area contributed by atoms with Crippen LogP contribution in [0.4, 0.5) is 13.2 Å².